The van der Waals surface area contributed by atoms with Gasteiger partial charge in [0.2, 0.25) is 0 Å². The fourth-order valence-electron chi connectivity index (χ4n) is 2.01. The summed E-state index contributed by atoms with van der Waals surface area (Å²) >= 11 is 0. The van der Waals surface area contributed by atoms with Crippen LogP contribution in [0, 0.1) is 5.41 Å². The van der Waals surface area contributed by atoms with Crippen LogP contribution < -0.4 is 5.73 Å². The smallest absolute Gasteiger partial charge is 0.151 e. The quantitative estimate of drug-likeness (QED) is 0.474. The minimum atomic E-state index is -2.87. The van der Waals surface area contributed by atoms with Gasteiger partial charge in [-0.1, -0.05) is 0 Å². The third-order valence-electron chi connectivity index (χ3n) is 2.98. The Morgan fingerprint density at radius 1 is 1.53 bits per heavy atom. The summed E-state index contributed by atoms with van der Waals surface area (Å²) in [6, 6.07) is 0.0505. The fraction of sp³-hybridized carbons (Fsp3) is 0.900. The van der Waals surface area contributed by atoms with Crippen LogP contribution in [0.1, 0.15) is 12.8 Å². The molecule has 1 saturated heterocycles. The Labute approximate surface area is 103 Å². The highest BCUT2D eigenvalue weighted by Crippen LogP contribution is 2.17. The van der Waals surface area contributed by atoms with Crippen LogP contribution in [0.15, 0.2) is 0 Å². The maximum absolute atomic E-state index is 11.4. The molecule has 0 radical (unpaired) electrons. The molecule has 0 aromatic rings. The zero-order valence-electron chi connectivity index (χ0n) is 10.2. The third kappa shape index (κ3) is 5.01. The van der Waals surface area contributed by atoms with E-state index in [1.807, 2.05) is 0 Å². The second-order valence-electron chi connectivity index (χ2n) is 4.36. The first-order valence-electron chi connectivity index (χ1n) is 5.71. The molecular formula is C10H21N3O3S. The van der Waals surface area contributed by atoms with Crippen molar-refractivity contribution in [2.24, 2.45) is 5.73 Å². The van der Waals surface area contributed by atoms with Crippen molar-refractivity contribution >= 4 is 15.7 Å². The van der Waals surface area contributed by atoms with Crippen LogP contribution in [0.2, 0.25) is 0 Å². The number of hydrogen-bond donors (Lipinski definition) is 2. The molecule has 0 amide bonds. The van der Waals surface area contributed by atoms with Gasteiger partial charge in [0, 0.05) is 32.7 Å². The Morgan fingerprint density at radius 3 is 2.71 bits per heavy atom. The molecule has 7 heteroatoms. The first kappa shape index (κ1) is 14.4. The van der Waals surface area contributed by atoms with Crippen LogP contribution in [-0.2, 0) is 14.6 Å². The highest BCUT2D eigenvalue weighted by Gasteiger charge is 2.31. The van der Waals surface area contributed by atoms with E-state index in [1.165, 1.54) is 0 Å². The van der Waals surface area contributed by atoms with E-state index in [2.05, 4.69) is 4.90 Å². The number of nitrogens with two attached hydrogens (primary N) is 1. The summed E-state index contributed by atoms with van der Waals surface area (Å²) in [7, 11) is -1.25. The van der Waals surface area contributed by atoms with Crippen molar-refractivity contribution in [1.29, 1.82) is 5.41 Å². The van der Waals surface area contributed by atoms with E-state index in [1.54, 1.807) is 7.11 Å². The van der Waals surface area contributed by atoms with Gasteiger partial charge in [0.25, 0.3) is 0 Å². The van der Waals surface area contributed by atoms with E-state index in [-0.39, 0.29) is 23.4 Å². The number of rotatable bonds is 7. The van der Waals surface area contributed by atoms with Crippen molar-refractivity contribution in [2.45, 2.75) is 18.9 Å². The maximum Gasteiger partial charge on any atom is 0.151 e. The highest BCUT2D eigenvalue weighted by molar-refractivity contribution is 7.91. The SMILES string of the molecule is COCCN(CCC(=N)N)C1CCS(=O)(=O)C1. The summed E-state index contributed by atoms with van der Waals surface area (Å²) in [6.45, 7) is 1.87. The van der Waals surface area contributed by atoms with Crippen LogP contribution in [0.4, 0.5) is 0 Å². The largest absolute Gasteiger partial charge is 0.388 e. The monoisotopic (exact) mass is 263 g/mol. The summed E-state index contributed by atoms with van der Waals surface area (Å²) in [4.78, 5) is 2.06. The lowest BCUT2D eigenvalue weighted by Crippen LogP contribution is -2.40. The third-order valence-corrected chi connectivity index (χ3v) is 4.73. The lowest BCUT2D eigenvalue weighted by Gasteiger charge is -2.27. The van der Waals surface area contributed by atoms with Gasteiger partial charge in [0.05, 0.1) is 23.9 Å². The van der Waals surface area contributed by atoms with Gasteiger partial charge in [-0.05, 0) is 6.42 Å². The van der Waals surface area contributed by atoms with Crippen LogP contribution in [-0.4, -0.2) is 63.5 Å². The molecule has 0 aromatic heterocycles. The van der Waals surface area contributed by atoms with Crippen LogP contribution in [0.5, 0.6) is 0 Å². The molecule has 1 fully saturated rings. The maximum atomic E-state index is 11.4. The predicted octanol–water partition coefficient (Wildman–Crippen LogP) is -0.552. The topological polar surface area (TPSA) is 96.5 Å². The molecule has 1 aliphatic rings. The minimum absolute atomic E-state index is 0.0505. The molecule has 1 atom stereocenters. The van der Waals surface area contributed by atoms with E-state index in [4.69, 9.17) is 15.9 Å². The molecule has 0 bridgehead atoms. The molecule has 1 unspecified atom stereocenters. The predicted molar refractivity (Wildman–Crippen MR) is 67.0 cm³/mol. The molecule has 0 aliphatic carbocycles. The standard InChI is InChI=1S/C10H21N3O3S/c1-16-6-5-13(4-2-10(11)12)9-3-7-17(14,15)8-9/h9H,2-8H2,1H3,(H3,11,12). The highest BCUT2D eigenvalue weighted by atomic mass is 32.2. The minimum Gasteiger partial charge on any atom is -0.388 e. The van der Waals surface area contributed by atoms with E-state index in [9.17, 15) is 8.42 Å². The number of nitrogens with one attached hydrogen (secondary N) is 1. The van der Waals surface area contributed by atoms with Crippen LogP contribution >= 0.6 is 0 Å². The molecule has 0 spiro atoms. The first-order chi connectivity index (χ1) is 7.94. The van der Waals surface area contributed by atoms with Gasteiger partial charge in [-0.3, -0.25) is 10.3 Å². The summed E-state index contributed by atoms with van der Waals surface area (Å²) in [5.41, 5.74) is 5.33. The second-order valence-corrected chi connectivity index (χ2v) is 6.59. The summed E-state index contributed by atoms with van der Waals surface area (Å²) in [5.74, 6) is 0.615. The van der Waals surface area contributed by atoms with Gasteiger partial charge in [0.1, 0.15) is 0 Å². The van der Waals surface area contributed by atoms with Crippen molar-refractivity contribution in [3.63, 3.8) is 0 Å². The number of ether oxygens (including phenoxy) is 1. The Morgan fingerprint density at radius 2 is 2.24 bits per heavy atom. The van der Waals surface area contributed by atoms with Crippen molar-refractivity contribution < 1.29 is 13.2 Å². The zero-order chi connectivity index (χ0) is 12.9. The van der Waals surface area contributed by atoms with Gasteiger partial charge in [0.15, 0.2) is 9.84 Å². The molecule has 6 nitrogen and oxygen atoms in total. The molecule has 17 heavy (non-hydrogen) atoms. The van der Waals surface area contributed by atoms with Gasteiger partial charge in [-0.15, -0.1) is 0 Å². The summed E-state index contributed by atoms with van der Waals surface area (Å²) < 4.78 is 27.9. The van der Waals surface area contributed by atoms with E-state index in [0.29, 0.717) is 32.5 Å². The van der Waals surface area contributed by atoms with Gasteiger partial charge in [-0.2, -0.15) is 0 Å². The van der Waals surface area contributed by atoms with Crippen LogP contribution in [0.3, 0.4) is 0 Å². The second kappa shape index (κ2) is 6.32. The van der Waals surface area contributed by atoms with Crippen molar-refractivity contribution in [1.82, 2.24) is 4.90 Å². The Hall–Kier alpha value is -0.660. The lowest BCUT2D eigenvalue weighted by molar-refractivity contribution is 0.128. The fourth-order valence-corrected chi connectivity index (χ4v) is 3.77. The number of amidine groups is 1. The number of nitrogens with zero attached hydrogens (tertiary/aromatic N) is 1. The number of sulfone groups is 1. The Balaban J connectivity index is 2.53. The molecule has 0 saturated carbocycles. The molecule has 1 heterocycles. The van der Waals surface area contributed by atoms with Crippen molar-refractivity contribution in [3.05, 3.63) is 0 Å². The van der Waals surface area contributed by atoms with Crippen molar-refractivity contribution in [2.75, 3.05) is 38.3 Å². The average molecular weight is 263 g/mol. The molecule has 100 valence electrons. The van der Waals surface area contributed by atoms with Gasteiger partial charge >= 0.3 is 0 Å². The zero-order valence-corrected chi connectivity index (χ0v) is 11.0. The molecule has 3 N–H and O–H groups in total. The van der Waals surface area contributed by atoms with E-state index in [0.717, 1.165) is 0 Å². The molecular weight excluding hydrogens is 242 g/mol. The number of methoxy groups -OCH3 is 1. The lowest BCUT2D eigenvalue weighted by atomic mass is 10.2. The molecule has 1 rings (SSSR count). The molecule has 1 aliphatic heterocycles. The van der Waals surface area contributed by atoms with E-state index >= 15 is 0 Å². The van der Waals surface area contributed by atoms with E-state index < -0.39 is 9.84 Å². The van der Waals surface area contributed by atoms with Gasteiger partial charge in [-0.25, -0.2) is 8.42 Å². The normalized spacial score (nSPS) is 23.1. The van der Waals surface area contributed by atoms with Crippen molar-refractivity contribution in [3.8, 4) is 0 Å². The van der Waals surface area contributed by atoms with Crippen LogP contribution in [0.25, 0.3) is 0 Å². The molecule has 0 aromatic carbocycles. The first-order valence-corrected chi connectivity index (χ1v) is 7.53. The van der Waals surface area contributed by atoms with Gasteiger partial charge < -0.3 is 10.5 Å². The number of hydrogen-bond acceptors (Lipinski definition) is 5. The summed E-state index contributed by atoms with van der Waals surface area (Å²) in [5, 5.41) is 7.22. The Bertz CT molecular complexity index is 356. The average Bonchev–Trinajstić information content (AvgIpc) is 2.58. The Kier molecular flexibility index (Phi) is 5.35. The summed E-state index contributed by atoms with van der Waals surface area (Å²) in [6.07, 6.45) is 1.14.